The van der Waals surface area contributed by atoms with Gasteiger partial charge in [0.2, 0.25) is 10.0 Å². The maximum Gasteiger partial charge on any atom is 0.246 e. The van der Waals surface area contributed by atoms with Crippen LogP contribution in [-0.4, -0.2) is 48.7 Å². The number of hydrogen-bond acceptors (Lipinski definition) is 3. The summed E-state index contributed by atoms with van der Waals surface area (Å²) in [6.45, 7) is 5.45. The Morgan fingerprint density at radius 1 is 1.17 bits per heavy atom. The summed E-state index contributed by atoms with van der Waals surface area (Å²) in [7, 11) is -1.69. The maximum atomic E-state index is 12.7. The van der Waals surface area contributed by atoms with Crippen LogP contribution in [0.1, 0.15) is 11.3 Å². The molecule has 6 nitrogen and oxygen atoms in total. The Morgan fingerprint density at radius 2 is 1.83 bits per heavy atom. The first-order chi connectivity index (χ1) is 11.0. The molecule has 0 spiro atoms. The van der Waals surface area contributed by atoms with Gasteiger partial charge in [-0.15, -0.1) is 0 Å². The van der Waals surface area contributed by atoms with Crippen molar-refractivity contribution in [1.82, 2.24) is 14.1 Å². The summed E-state index contributed by atoms with van der Waals surface area (Å²) in [6.07, 6.45) is 1.59. The fourth-order valence-electron chi connectivity index (χ4n) is 3.07. The monoisotopic (exact) mass is 335 g/mol. The van der Waals surface area contributed by atoms with Gasteiger partial charge in [0, 0.05) is 18.8 Å². The van der Waals surface area contributed by atoms with Crippen molar-refractivity contribution in [2.45, 2.75) is 18.4 Å². The molecule has 1 aromatic carbocycles. The van der Waals surface area contributed by atoms with Crippen molar-refractivity contribution >= 4 is 10.0 Å². The summed E-state index contributed by atoms with van der Waals surface area (Å²) < 4.78 is 28.6. The van der Waals surface area contributed by atoms with Crippen LogP contribution in [0.3, 0.4) is 0 Å². The fraction of sp³-hybridized carbons (Fsp3) is 0.438. The Hall–Kier alpha value is -1.70. The topological polar surface area (TPSA) is 59.6 Å². The summed E-state index contributed by atoms with van der Waals surface area (Å²) in [6, 6.07) is 10.3. The van der Waals surface area contributed by atoms with Crippen molar-refractivity contribution < 1.29 is 13.3 Å². The minimum absolute atomic E-state index is 0.325. The molecule has 1 aliphatic heterocycles. The molecule has 1 aliphatic rings. The van der Waals surface area contributed by atoms with Gasteiger partial charge in [-0.3, -0.25) is 4.68 Å². The van der Waals surface area contributed by atoms with Crippen LogP contribution in [0.5, 0.6) is 0 Å². The highest BCUT2D eigenvalue weighted by atomic mass is 32.2. The summed E-state index contributed by atoms with van der Waals surface area (Å²) in [5, 5.41) is 4.15. The van der Waals surface area contributed by atoms with E-state index in [1.54, 1.807) is 29.2 Å². The molecule has 1 fully saturated rings. The second-order valence-corrected chi connectivity index (χ2v) is 7.98. The van der Waals surface area contributed by atoms with E-state index < -0.39 is 10.0 Å². The van der Waals surface area contributed by atoms with Gasteiger partial charge in [-0.1, -0.05) is 30.3 Å². The van der Waals surface area contributed by atoms with Gasteiger partial charge in [0.1, 0.15) is 11.4 Å². The third kappa shape index (κ3) is 3.46. The molecule has 1 saturated heterocycles. The quantitative estimate of drug-likeness (QED) is 0.843. The van der Waals surface area contributed by atoms with E-state index >= 15 is 0 Å². The number of rotatable bonds is 4. The van der Waals surface area contributed by atoms with Gasteiger partial charge in [0.25, 0.3) is 0 Å². The van der Waals surface area contributed by atoms with Crippen LogP contribution in [-0.2, 0) is 23.6 Å². The Bertz CT molecular complexity index is 763. The number of sulfonamides is 1. The normalized spacial score (nSPS) is 17.5. The highest BCUT2D eigenvalue weighted by Gasteiger charge is 2.32. The second kappa shape index (κ2) is 6.43. The largest absolute Gasteiger partial charge is 0.329 e. The number of piperazine rings is 1. The first-order valence-corrected chi connectivity index (χ1v) is 9.29. The van der Waals surface area contributed by atoms with Crippen molar-refractivity contribution in [1.29, 1.82) is 0 Å². The van der Waals surface area contributed by atoms with E-state index in [1.807, 2.05) is 18.2 Å². The van der Waals surface area contributed by atoms with Crippen LogP contribution >= 0.6 is 0 Å². The summed E-state index contributed by atoms with van der Waals surface area (Å²) in [5.41, 5.74) is 1.86. The van der Waals surface area contributed by atoms with Crippen molar-refractivity contribution in [3.05, 3.63) is 47.8 Å². The first kappa shape index (κ1) is 16.2. The van der Waals surface area contributed by atoms with Crippen LogP contribution in [0.25, 0.3) is 0 Å². The molecule has 0 bridgehead atoms. The zero-order valence-corrected chi connectivity index (χ0v) is 14.4. The average Bonchev–Trinajstić information content (AvgIpc) is 2.88. The van der Waals surface area contributed by atoms with Gasteiger partial charge in [-0.05, 0) is 6.92 Å². The van der Waals surface area contributed by atoms with Gasteiger partial charge < -0.3 is 4.90 Å². The SMILES string of the molecule is Cc1nn(C)cc1S(=O)(=O)N1CC[NH+](Cc2ccccc2)CC1. The third-order valence-electron chi connectivity index (χ3n) is 4.31. The lowest BCUT2D eigenvalue weighted by atomic mass is 10.2. The fourth-order valence-corrected chi connectivity index (χ4v) is 4.72. The van der Waals surface area contributed by atoms with E-state index in [0.29, 0.717) is 23.7 Å². The summed E-state index contributed by atoms with van der Waals surface area (Å²) in [4.78, 5) is 1.75. The van der Waals surface area contributed by atoms with E-state index in [0.717, 1.165) is 19.6 Å². The molecule has 0 saturated carbocycles. The molecule has 0 amide bonds. The molecule has 0 radical (unpaired) electrons. The predicted molar refractivity (Wildman–Crippen MR) is 87.5 cm³/mol. The lowest BCUT2D eigenvalue weighted by molar-refractivity contribution is -0.917. The van der Waals surface area contributed by atoms with Crippen LogP contribution < -0.4 is 4.90 Å². The number of quaternary nitrogens is 1. The minimum atomic E-state index is -3.43. The van der Waals surface area contributed by atoms with E-state index in [9.17, 15) is 8.42 Å². The van der Waals surface area contributed by atoms with Gasteiger partial charge in [0.05, 0.1) is 31.9 Å². The number of aromatic nitrogens is 2. The lowest BCUT2D eigenvalue weighted by Crippen LogP contribution is -3.13. The molecule has 7 heteroatoms. The van der Waals surface area contributed by atoms with E-state index in [2.05, 4.69) is 17.2 Å². The number of nitrogens with one attached hydrogen (secondary N) is 1. The van der Waals surface area contributed by atoms with Crippen LogP contribution in [0.15, 0.2) is 41.4 Å². The van der Waals surface area contributed by atoms with Gasteiger partial charge in [-0.25, -0.2) is 8.42 Å². The second-order valence-electron chi connectivity index (χ2n) is 6.07. The molecular formula is C16H23N4O2S+. The Kier molecular flexibility index (Phi) is 4.52. The number of nitrogens with zero attached hydrogens (tertiary/aromatic N) is 3. The van der Waals surface area contributed by atoms with E-state index in [1.165, 1.54) is 10.5 Å². The molecule has 0 atom stereocenters. The highest BCUT2D eigenvalue weighted by molar-refractivity contribution is 7.89. The van der Waals surface area contributed by atoms with Crippen molar-refractivity contribution in [3.8, 4) is 0 Å². The van der Waals surface area contributed by atoms with Crippen LogP contribution in [0.2, 0.25) is 0 Å². The van der Waals surface area contributed by atoms with Crippen molar-refractivity contribution in [2.75, 3.05) is 26.2 Å². The summed E-state index contributed by atoms with van der Waals surface area (Å²) >= 11 is 0. The molecule has 23 heavy (non-hydrogen) atoms. The van der Waals surface area contributed by atoms with Gasteiger partial charge in [0.15, 0.2) is 0 Å². The molecule has 3 rings (SSSR count). The summed E-state index contributed by atoms with van der Waals surface area (Å²) in [5.74, 6) is 0. The standard InChI is InChI=1S/C16H22N4O2S/c1-14-16(13-18(2)17-14)23(21,22)20-10-8-19(9-11-20)12-15-6-4-3-5-7-15/h3-7,13H,8-12H2,1-2H3/p+1. The van der Waals surface area contributed by atoms with E-state index in [-0.39, 0.29) is 0 Å². The molecule has 2 heterocycles. The maximum absolute atomic E-state index is 12.7. The van der Waals surface area contributed by atoms with Gasteiger partial charge >= 0.3 is 0 Å². The van der Waals surface area contributed by atoms with Crippen LogP contribution in [0.4, 0.5) is 0 Å². The molecule has 1 aromatic heterocycles. The molecule has 0 aliphatic carbocycles. The Balaban J connectivity index is 1.65. The zero-order chi connectivity index (χ0) is 16.4. The van der Waals surface area contributed by atoms with Crippen LogP contribution in [0, 0.1) is 6.92 Å². The smallest absolute Gasteiger partial charge is 0.246 e. The average molecular weight is 335 g/mol. The van der Waals surface area contributed by atoms with Gasteiger partial charge in [-0.2, -0.15) is 9.40 Å². The Labute approximate surface area is 137 Å². The predicted octanol–water partition coefficient (Wildman–Crippen LogP) is -0.182. The molecule has 2 aromatic rings. The minimum Gasteiger partial charge on any atom is -0.329 e. The Morgan fingerprint density at radius 3 is 2.39 bits per heavy atom. The van der Waals surface area contributed by atoms with Crippen molar-refractivity contribution in [2.24, 2.45) is 7.05 Å². The molecule has 124 valence electrons. The van der Waals surface area contributed by atoms with Crippen molar-refractivity contribution in [3.63, 3.8) is 0 Å². The lowest BCUT2D eigenvalue weighted by Gasteiger charge is -2.31. The number of hydrogen-bond donors (Lipinski definition) is 1. The number of aryl methyl sites for hydroxylation is 2. The molecule has 0 unspecified atom stereocenters. The van der Waals surface area contributed by atoms with E-state index in [4.69, 9.17) is 0 Å². The zero-order valence-electron chi connectivity index (χ0n) is 13.6. The molecular weight excluding hydrogens is 312 g/mol. The number of benzene rings is 1. The first-order valence-electron chi connectivity index (χ1n) is 7.85. The molecule has 1 N–H and O–H groups in total. The third-order valence-corrected chi connectivity index (χ3v) is 6.31. The highest BCUT2D eigenvalue weighted by Crippen LogP contribution is 2.18.